The second-order valence-electron chi connectivity index (χ2n) is 6.65. The summed E-state index contributed by atoms with van der Waals surface area (Å²) in [6.45, 7) is 4.13. The Bertz CT molecular complexity index is 566. The van der Waals surface area contributed by atoms with Crippen LogP contribution in [0.15, 0.2) is 24.3 Å². The van der Waals surface area contributed by atoms with Crippen molar-refractivity contribution in [2.45, 2.75) is 45.4 Å². The zero-order chi connectivity index (χ0) is 18.1. The Hall–Kier alpha value is -2.04. The first-order chi connectivity index (χ1) is 12.1. The highest BCUT2D eigenvalue weighted by Gasteiger charge is 2.26. The third-order valence-corrected chi connectivity index (χ3v) is 4.81. The van der Waals surface area contributed by atoms with Crippen molar-refractivity contribution < 1.29 is 14.3 Å². The van der Waals surface area contributed by atoms with E-state index in [-0.39, 0.29) is 17.7 Å². The smallest absolute Gasteiger partial charge is 0.223 e. The number of rotatable bonds is 8. The number of ether oxygens (including phenoxy) is 1. The summed E-state index contributed by atoms with van der Waals surface area (Å²) in [4.78, 5) is 26.3. The van der Waals surface area contributed by atoms with Gasteiger partial charge >= 0.3 is 0 Å². The fourth-order valence-electron chi connectivity index (χ4n) is 3.18. The van der Waals surface area contributed by atoms with E-state index in [9.17, 15) is 9.59 Å². The van der Waals surface area contributed by atoms with Crippen LogP contribution in [-0.2, 0) is 16.0 Å². The van der Waals surface area contributed by atoms with Crippen molar-refractivity contribution in [2.75, 3.05) is 26.7 Å². The highest BCUT2D eigenvalue weighted by molar-refractivity contribution is 5.80. The average Bonchev–Trinajstić information content (AvgIpc) is 2.66. The van der Waals surface area contributed by atoms with Crippen molar-refractivity contribution in [3.63, 3.8) is 0 Å². The van der Waals surface area contributed by atoms with Crippen LogP contribution in [0.2, 0.25) is 0 Å². The van der Waals surface area contributed by atoms with Gasteiger partial charge in [0.1, 0.15) is 5.75 Å². The van der Waals surface area contributed by atoms with Crippen LogP contribution in [-0.4, -0.2) is 43.5 Å². The zero-order valence-electron chi connectivity index (χ0n) is 15.4. The molecule has 0 spiro atoms. The fraction of sp³-hybridized carbons (Fsp3) is 0.600. The van der Waals surface area contributed by atoms with Crippen LogP contribution in [0.1, 0.15) is 44.6 Å². The number of nitrogens with one attached hydrogen (secondary N) is 1. The molecule has 5 nitrogen and oxygen atoms in total. The van der Waals surface area contributed by atoms with Crippen molar-refractivity contribution in [1.29, 1.82) is 0 Å². The molecule has 0 aliphatic carbocycles. The molecule has 1 fully saturated rings. The summed E-state index contributed by atoms with van der Waals surface area (Å²) in [6.07, 6.45) is 4.94. The van der Waals surface area contributed by atoms with Gasteiger partial charge in [0, 0.05) is 32.0 Å². The first-order valence-corrected chi connectivity index (χ1v) is 9.32. The van der Waals surface area contributed by atoms with E-state index in [1.807, 2.05) is 29.2 Å². The number of unbranched alkanes of at least 4 members (excludes halogenated alkanes) is 1. The molecule has 0 bridgehead atoms. The lowest BCUT2D eigenvalue weighted by atomic mass is 9.95. The second-order valence-corrected chi connectivity index (χ2v) is 6.65. The number of benzene rings is 1. The normalized spacial score (nSPS) is 15.0. The molecule has 1 aliphatic rings. The quantitative estimate of drug-likeness (QED) is 0.787. The molecule has 25 heavy (non-hydrogen) atoms. The lowest BCUT2D eigenvalue weighted by Gasteiger charge is -2.31. The number of likely N-dealkylation sites (tertiary alicyclic amines) is 1. The Morgan fingerprint density at radius 3 is 2.72 bits per heavy atom. The van der Waals surface area contributed by atoms with Gasteiger partial charge in [0.05, 0.1) is 7.11 Å². The van der Waals surface area contributed by atoms with E-state index in [1.165, 1.54) is 0 Å². The second kappa shape index (κ2) is 10.1. The molecular weight excluding hydrogens is 316 g/mol. The van der Waals surface area contributed by atoms with E-state index >= 15 is 0 Å². The van der Waals surface area contributed by atoms with E-state index in [4.69, 9.17) is 4.74 Å². The number of piperidine rings is 1. The van der Waals surface area contributed by atoms with Gasteiger partial charge in [-0.1, -0.05) is 25.5 Å². The Kier molecular flexibility index (Phi) is 7.76. The lowest BCUT2D eigenvalue weighted by molar-refractivity contribution is -0.135. The number of hydrogen-bond acceptors (Lipinski definition) is 3. The Morgan fingerprint density at radius 1 is 1.28 bits per heavy atom. The predicted molar refractivity (Wildman–Crippen MR) is 98.5 cm³/mol. The summed E-state index contributed by atoms with van der Waals surface area (Å²) in [5.41, 5.74) is 1.15. The van der Waals surface area contributed by atoms with Crippen molar-refractivity contribution in [3.05, 3.63) is 29.8 Å². The standard InChI is InChI=1S/C20H30N2O3/c1-3-4-8-19(23)22-13-10-17(11-14-22)20(24)21-12-9-16-6-5-7-18(15-16)25-2/h5-7,15,17H,3-4,8-14H2,1-2H3,(H,21,24). The van der Waals surface area contributed by atoms with Crippen LogP contribution in [0.5, 0.6) is 5.75 Å². The van der Waals surface area contributed by atoms with Crippen LogP contribution < -0.4 is 10.1 Å². The van der Waals surface area contributed by atoms with Gasteiger partial charge in [-0.25, -0.2) is 0 Å². The zero-order valence-corrected chi connectivity index (χ0v) is 15.4. The van der Waals surface area contributed by atoms with Crippen LogP contribution >= 0.6 is 0 Å². The van der Waals surface area contributed by atoms with Gasteiger partial charge in [-0.2, -0.15) is 0 Å². The lowest BCUT2D eigenvalue weighted by Crippen LogP contribution is -2.43. The van der Waals surface area contributed by atoms with Gasteiger partial charge in [-0.15, -0.1) is 0 Å². The first-order valence-electron chi connectivity index (χ1n) is 9.32. The molecule has 2 amide bonds. The monoisotopic (exact) mass is 346 g/mol. The van der Waals surface area contributed by atoms with Gasteiger partial charge in [0.15, 0.2) is 0 Å². The molecule has 5 heteroatoms. The highest BCUT2D eigenvalue weighted by Crippen LogP contribution is 2.19. The minimum absolute atomic E-state index is 0.0283. The van der Waals surface area contributed by atoms with Crippen LogP contribution in [0.4, 0.5) is 0 Å². The van der Waals surface area contributed by atoms with Crippen molar-refractivity contribution >= 4 is 11.8 Å². The number of carbonyl (C=O) groups excluding carboxylic acids is 2. The maximum Gasteiger partial charge on any atom is 0.223 e. The van der Waals surface area contributed by atoms with Gasteiger partial charge in [-0.3, -0.25) is 9.59 Å². The molecule has 1 heterocycles. The molecule has 1 saturated heterocycles. The van der Waals surface area contributed by atoms with Gasteiger partial charge in [0.25, 0.3) is 0 Å². The SMILES string of the molecule is CCCCC(=O)N1CCC(C(=O)NCCc2cccc(OC)c2)CC1. The maximum absolute atomic E-state index is 12.3. The molecule has 0 radical (unpaired) electrons. The molecule has 0 aromatic heterocycles. The molecule has 1 aliphatic heterocycles. The molecule has 0 unspecified atom stereocenters. The minimum Gasteiger partial charge on any atom is -0.497 e. The van der Waals surface area contributed by atoms with Crippen LogP contribution in [0, 0.1) is 5.92 Å². The molecule has 0 saturated carbocycles. The first kappa shape index (κ1) is 19.3. The van der Waals surface area contributed by atoms with Crippen molar-refractivity contribution in [2.24, 2.45) is 5.92 Å². The van der Waals surface area contributed by atoms with Crippen LogP contribution in [0.25, 0.3) is 0 Å². The van der Waals surface area contributed by atoms with E-state index < -0.39 is 0 Å². The van der Waals surface area contributed by atoms with E-state index in [0.717, 1.165) is 43.4 Å². The van der Waals surface area contributed by atoms with E-state index in [0.29, 0.717) is 26.1 Å². The third kappa shape index (κ3) is 6.07. The third-order valence-electron chi connectivity index (χ3n) is 4.81. The summed E-state index contributed by atoms with van der Waals surface area (Å²) in [5.74, 6) is 1.21. The van der Waals surface area contributed by atoms with Gasteiger partial charge in [0.2, 0.25) is 11.8 Å². The topological polar surface area (TPSA) is 58.6 Å². The van der Waals surface area contributed by atoms with Crippen molar-refractivity contribution in [3.8, 4) is 5.75 Å². The van der Waals surface area contributed by atoms with E-state index in [2.05, 4.69) is 12.2 Å². The molecule has 138 valence electrons. The van der Waals surface area contributed by atoms with E-state index in [1.54, 1.807) is 7.11 Å². The largest absolute Gasteiger partial charge is 0.497 e. The number of carbonyl (C=O) groups is 2. The highest BCUT2D eigenvalue weighted by atomic mass is 16.5. The Morgan fingerprint density at radius 2 is 2.04 bits per heavy atom. The fourth-order valence-corrected chi connectivity index (χ4v) is 3.18. The number of methoxy groups -OCH3 is 1. The Balaban J connectivity index is 1.69. The average molecular weight is 346 g/mol. The van der Waals surface area contributed by atoms with Crippen LogP contribution in [0.3, 0.4) is 0 Å². The molecule has 1 aromatic rings. The summed E-state index contributed by atoms with van der Waals surface area (Å²) in [6, 6.07) is 7.90. The molecule has 0 atom stereocenters. The number of nitrogens with zero attached hydrogens (tertiary/aromatic N) is 1. The predicted octanol–water partition coefficient (Wildman–Crippen LogP) is 2.78. The minimum atomic E-state index is 0.0283. The van der Waals surface area contributed by atoms with Crippen molar-refractivity contribution in [1.82, 2.24) is 10.2 Å². The van der Waals surface area contributed by atoms with Gasteiger partial charge < -0.3 is 15.0 Å². The van der Waals surface area contributed by atoms with Gasteiger partial charge in [-0.05, 0) is 43.4 Å². The Labute approximate surface area is 150 Å². The number of amides is 2. The summed E-state index contributed by atoms with van der Waals surface area (Å²) in [7, 11) is 1.65. The summed E-state index contributed by atoms with van der Waals surface area (Å²) < 4.78 is 5.21. The number of hydrogen-bond donors (Lipinski definition) is 1. The molecule has 1 aromatic carbocycles. The molecule has 2 rings (SSSR count). The summed E-state index contributed by atoms with van der Waals surface area (Å²) in [5, 5.41) is 3.03. The molecule has 1 N–H and O–H groups in total. The summed E-state index contributed by atoms with van der Waals surface area (Å²) >= 11 is 0. The maximum atomic E-state index is 12.3. The molecular formula is C20H30N2O3.